The normalized spacial score (nSPS) is 11.7. The molecule has 0 saturated heterocycles. The third-order valence-electron chi connectivity index (χ3n) is 5.18. The van der Waals surface area contributed by atoms with Crippen LogP contribution in [0.3, 0.4) is 0 Å². The summed E-state index contributed by atoms with van der Waals surface area (Å²) in [5, 5.41) is 5.24. The highest BCUT2D eigenvalue weighted by atomic mass is 16.5. The van der Waals surface area contributed by atoms with E-state index in [9.17, 15) is 19.2 Å². The van der Waals surface area contributed by atoms with Gasteiger partial charge in [0.25, 0.3) is 5.91 Å². The molecule has 0 saturated carbocycles. The first-order chi connectivity index (χ1) is 15.8. The van der Waals surface area contributed by atoms with Gasteiger partial charge in [-0.1, -0.05) is 30.3 Å². The maximum absolute atomic E-state index is 12.2. The van der Waals surface area contributed by atoms with Gasteiger partial charge in [0, 0.05) is 18.7 Å². The Morgan fingerprint density at radius 3 is 2.48 bits per heavy atom. The topological polar surface area (TPSA) is 120 Å². The van der Waals surface area contributed by atoms with Crippen LogP contribution in [0.4, 0.5) is 5.69 Å². The van der Waals surface area contributed by atoms with Gasteiger partial charge in [0.2, 0.25) is 5.91 Å². The Kier molecular flexibility index (Phi) is 7.66. The van der Waals surface area contributed by atoms with Crippen LogP contribution in [0.1, 0.15) is 30.9 Å². The predicted octanol–water partition coefficient (Wildman–Crippen LogP) is 2.68. The summed E-state index contributed by atoms with van der Waals surface area (Å²) in [4.78, 5) is 48.4. The molecule has 1 heterocycles. The van der Waals surface area contributed by atoms with Crippen molar-refractivity contribution in [2.75, 3.05) is 11.9 Å². The van der Waals surface area contributed by atoms with Crippen molar-refractivity contribution in [3.8, 4) is 0 Å². The summed E-state index contributed by atoms with van der Waals surface area (Å²) in [5.74, 6) is -2.01. The third kappa shape index (κ3) is 6.09. The molecule has 0 aliphatic carbocycles. The number of nitrogens with one attached hydrogen (secondary N) is 2. The van der Waals surface area contributed by atoms with Crippen LogP contribution in [0.5, 0.6) is 0 Å². The summed E-state index contributed by atoms with van der Waals surface area (Å²) < 4.78 is 11.8. The van der Waals surface area contributed by atoms with Crippen molar-refractivity contribution in [2.45, 2.75) is 46.3 Å². The standard InChI is InChI=1S/C24H27N3O6/c1-15-8-6-9-16(2)22(15)26-20(28)14-25-23(30)17(3)32-21(29)12-7-13-27-18-10-4-5-11-19(18)33-24(27)31/h4-6,8-11,17H,7,12-14H2,1-3H3,(H,25,30)(H,26,28). The number of hydrogen-bond acceptors (Lipinski definition) is 6. The lowest BCUT2D eigenvalue weighted by atomic mass is 10.1. The van der Waals surface area contributed by atoms with Gasteiger partial charge >= 0.3 is 11.7 Å². The van der Waals surface area contributed by atoms with Crippen LogP contribution in [-0.4, -0.2) is 35.0 Å². The summed E-state index contributed by atoms with van der Waals surface area (Å²) >= 11 is 0. The predicted molar refractivity (Wildman–Crippen MR) is 123 cm³/mol. The van der Waals surface area contributed by atoms with Gasteiger partial charge in [-0.15, -0.1) is 0 Å². The highest BCUT2D eigenvalue weighted by Gasteiger charge is 2.19. The molecular formula is C24H27N3O6. The van der Waals surface area contributed by atoms with Crippen molar-refractivity contribution in [3.05, 3.63) is 64.1 Å². The van der Waals surface area contributed by atoms with Crippen LogP contribution in [0.15, 0.2) is 51.7 Å². The van der Waals surface area contributed by atoms with Gasteiger partial charge in [-0.2, -0.15) is 0 Å². The monoisotopic (exact) mass is 453 g/mol. The first-order valence-corrected chi connectivity index (χ1v) is 10.7. The summed E-state index contributed by atoms with van der Waals surface area (Å²) in [6.07, 6.45) is -0.686. The molecule has 1 aromatic heterocycles. The lowest BCUT2D eigenvalue weighted by Crippen LogP contribution is -2.40. The summed E-state index contributed by atoms with van der Waals surface area (Å²) in [6, 6.07) is 12.7. The fourth-order valence-electron chi connectivity index (χ4n) is 3.42. The second-order valence-corrected chi connectivity index (χ2v) is 7.76. The van der Waals surface area contributed by atoms with Gasteiger partial charge in [-0.25, -0.2) is 4.79 Å². The molecule has 3 rings (SSSR count). The van der Waals surface area contributed by atoms with Gasteiger partial charge in [0.1, 0.15) is 0 Å². The molecule has 174 valence electrons. The van der Waals surface area contributed by atoms with Gasteiger partial charge in [-0.05, 0) is 50.5 Å². The molecule has 0 fully saturated rings. The second kappa shape index (κ2) is 10.6. The van der Waals surface area contributed by atoms with E-state index in [1.54, 1.807) is 24.3 Å². The molecule has 2 N–H and O–H groups in total. The van der Waals surface area contributed by atoms with Gasteiger partial charge in [-0.3, -0.25) is 19.0 Å². The number of carbonyl (C=O) groups is 3. The van der Waals surface area contributed by atoms with E-state index in [1.807, 2.05) is 32.0 Å². The Hall–Kier alpha value is -3.88. The van der Waals surface area contributed by atoms with Crippen molar-refractivity contribution < 1.29 is 23.5 Å². The maximum Gasteiger partial charge on any atom is 0.419 e. The van der Waals surface area contributed by atoms with Crippen molar-refractivity contribution in [3.63, 3.8) is 0 Å². The molecule has 1 unspecified atom stereocenters. The molecule has 0 spiro atoms. The lowest BCUT2D eigenvalue weighted by molar-refractivity contribution is -0.155. The number of esters is 1. The molecular weight excluding hydrogens is 426 g/mol. The Morgan fingerprint density at radius 2 is 1.76 bits per heavy atom. The Balaban J connectivity index is 1.41. The summed E-state index contributed by atoms with van der Waals surface area (Å²) in [5.41, 5.74) is 3.69. The number of nitrogens with zero attached hydrogens (tertiary/aromatic N) is 1. The zero-order valence-corrected chi connectivity index (χ0v) is 18.8. The van der Waals surface area contributed by atoms with E-state index in [-0.39, 0.29) is 25.4 Å². The number of benzene rings is 2. The number of para-hydroxylation sites is 3. The number of rotatable bonds is 9. The third-order valence-corrected chi connectivity index (χ3v) is 5.18. The quantitative estimate of drug-likeness (QED) is 0.481. The van der Waals surface area contributed by atoms with Crippen molar-refractivity contribution >= 4 is 34.6 Å². The van der Waals surface area contributed by atoms with Crippen LogP contribution < -0.4 is 16.4 Å². The van der Waals surface area contributed by atoms with E-state index in [1.165, 1.54) is 11.5 Å². The minimum Gasteiger partial charge on any atom is -0.453 e. The fourth-order valence-corrected chi connectivity index (χ4v) is 3.42. The van der Waals surface area contributed by atoms with Gasteiger partial charge < -0.3 is 19.8 Å². The number of carbonyl (C=O) groups excluding carboxylic acids is 3. The van der Waals surface area contributed by atoms with Crippen LogP contribution in [0, 0.1) is 13.8 Å². The van der Waals surface area contributed by atoms with E-state index >= 15 is 0 Å². The van der Waals surface area contributed by atoms with E-state index in [0.717, 1.165) is 11.1 Å². The van der Waals surface area contributed by atoms with Crippen molar-refractivity contribution in [1.82, 2.24) is 9.88 Å². The minimum absolute atomic E-state index is 0.0244. The van der Waals surface area contributed by atoms with Gasteiger partial charge in [0.15, 0.2) is 11.7 Å². The zero-order chi connectivity index (χ0) is 24.0. The Labute approximate surface area is 190 Å². The van der Waals surface area contributed by atoms with Crippen molar-refractivity contribution in [2.24, 2.45) is 0 Å². The summed E-state index contributed by atoms with van der Waals surface area (Å²) in [6.45, 7) is 5.24. The Morgan fingerprint density at radius 1 is 1.06 bits per heavy atom. The average molecular weight is 453 g/mol. The second-order valence-electron chi connectivity index (χ2n) is 7.76. The Bertz CT molecular complexity index is 1210. The number of aryl methyl sites for hydroxylation is 3. The van der Waals surface area contributed by atoms with E-state index < -0.39 is 23.7 Å². The molecule has 0 aliphatic heterocycles. The van der Waals surface area contributed by atoms with Crippen molar-refractivity contribution in [1.29, 1.82) is 0 Å². The molecule has 0 bridgehead atoms. The highest BCUT2D eigenvalue weighted by molar-refractivity contribution is 5.96. The SMILES string of the molecule is Cc1cccc(C)c1NC(=O)CNC(=O)C(C)OC(=O)CCCn1c(=O)oc2ccccc21. The van der Waals surface area contributed by atoms with E-state index in [0.29, 0.717) is 23.2 Å². The number of anilines is 1. The molecule has 2 amide bonds. The molecule has 2 aromatic carbocycles. The van der Waals surface area contributed by atoms with Crippen LogP contribution in [0.2, 0.25) is 0 Å². The molecule has 3 aromatic rings. The van der Waals surface area contributed by atoms with Gasteiger partial charge in [0.05, 0.1) is 12.1 Å². The molecule has 33 heavy (non-hydrogen) atoms. The number of fused-ring (bicyclic) bond motifs is 1. The minimum atomic E-state index is -1.05. The number of aromatic nitrogens is 1. The lowest BCUT2D eigenvalue weighted by Gasteiger charge is -2.15. The number of amides is 2. The van der Waals surface area contributed by atoms with E-state index in [2.05, 4.69) is 10.6 Å². The largest absolute Gasteiger partial charge is 0.453 e. The first-order valence-electron chi connectivity index (χ1n) is 10.7. The number of hydrogen-bond donors (Lipinski definition) is 2. The van der Waals surface area contributed by atoms with Crippen LogP contribution >= 0.6 is 0 Å². The smallest absolute Gasteiger partial charge is 0.419 e. The molecule has 1 atom stereocenters. The molecule has 9 heteroatoms. The molecule has 0 aliphatic rings. The average Bonchev–Trinajstić information content (AvgIpc) is 3.09. The molecule has 0 radical (unpaired) electrons. The summed E-state index contributed by atoms with van der Waals surface area (Å²) in [7, 11) is 0. The number of ether oxygens (including phenoxy) is 1. The molecule has 9 nitrogen and oxygen atoms in total. The zero-order valence-electron chi connectivity index (χ0n) is 18.8. The van der Waals surface area contributed by atoms with E-state index in [4.69, 9.17) is 9.15 Å². The fraction of sp³-hybridized carbons (Fsp3) is 0.333. The maximum atomic E-state index is 12.2. The number of oxazole rings is 1. The highest BCUT2D eigenvalue weighted by Crippen LogP contribution is 2.19. The van der Waals surface area contributed by atoms with Crippen LogP contribution in [-0.2, 0) is 25.7 Å². The van der Waals surface area contributed by atoms with Crippen LogP contribution in [0.25, 0.3) is 11.1 Å². The first kappa shape index (κ1) is 23.8.